The topological polar surface area (TPSA) is 36.4 Å². The van der Waals surface area contributed by atoms with E-state index in [0.717, 1.165) is 19.4 Å². The van der Waals surface area contributed by atoms with Crippen LogP contribution in [-0.2, 0) is 0 Å². The molecule has 0 aromatic rings. The molecule has 0 saturated heterocycles. The minimum atomic E-state index is 0.629. The number of hydrazone groups is 1. The second-order valence-corrected chi connectivity index (χ2v) is 3.97. The van der Waals surface area contributed by atoms with E-state index < -0.39 is 0 Å². The van der Waals surface area contributed by atoms with Crippen molar-refractivity contribution in [2.24, 2.45) is 5.10 Å². The average molecular weight is 213 g/mol. The summed E-state index contributed by atoms with van der Waals surface area (Å²) in [5, 5.41) is 7.97. The minimum Gasteiger partial charge on any atom is -0.362 e. The van der Waals surface area contributed by atoms with Gasteiger partial charge in [0.15, 0.2) is 5.11 Å². The van der Waals surface area contributed by atoms with Gasteiger partial charge in [0.05, 0.1) is 0 Å². The molecule has 0 atom stereocenters. The van der Waals surface area contributed by atoms with E-state index in [0.29, 0.717) is 5.11 Å². The van der Waals surface area contributed by atoms with Crippen molar-refractivity contribution in [3.63, 3.8) is 0 Å². The monoisotopic (exact) mass is 213 g/mol. The van der Waals surface area contributed by atoms with Gasteiger partial charge in [-0.05, 0) is 44.8 Å². The highest BCUT2D eigenvalue weighted by molar-refractivity contribution is 7.80. The SMILES string of the molecule is CCNC(=S)NN=C1CCCCCC1. The van der Waals surface area contributed by atoms with Crippen LogP contribution in [0.15, 0.2) is 5.10 Å². The molecule has 1 saturated carbocycles. The maximum absolute atomic E-state index is 5.03. The zero-order valence-electron chi connectivity index (χ0n) is 8.81. The number of nitrogens with zero attached hydrogens (tertiary/aromatic N) is 1. The fraction of sp³-hybridized carbons (Fsp3) is 0.800. The molecule has 1 aliphatic carbocycles. The lowest BCUT2D eigenvalue weighted by Crippen LogP contribution is -2.32. The van der Waals surface area contributed by atoms with Crippen molar-refractivity contribution in [2.75, 3.05) is 6.54 Å². The van der Waals surface area contributed by atoms with Crippen molar-refractivity contribution in [2.45, 2.75) is 45.4 Å². The molecule has 4 heteroatoms. The van der Waals surface area contributed by atoms with E-state index in [9.17, 15) is 0 Å². The summed E-state index contributed by atoms with van der Waals surface area (Å²) in [6.07, 6.45) is 7.49. The van der Waals surface area contributed by atoms with Crippen LogP contribution in [0.25, 0.3) is 0 Å². The molecule has 0 aromatic carbocycles. The van der Waals surface area contributed by atoms with Crippen LogP contribution >= 0.6 is 12.2 Å². The maximum atomic E-state index is 5.03. The Kier molecular flexibility index (Phi) is 5.52. The number of hydrogen-bond acceptors (Lipinski definition) is 2. The number of nitrogens with one attached hydrogen (secondary N) is 2. The highest BCUT2D eigenvalue weighted by atomic mass is 32.1. The van der Waals surface area contributed by atoms with Gasteiger partial charge < -0.3 is 5.32 Å². The number of thiocarbonyl (C=S) groups is 1. The fourth-order valence-electron chi connectivity index (χ4n) is 1.58. The zero-order valence-corrected chi connectivity index (χ0v) is 9.62. The third kappa shape index (κ3) is 4.56. The van der Waals surface area contributed by atoms with Crippen molar-refractivity contribution in [1.82, 2.24) is 10.7 Å². The molecule has 2 N–H and O–H groups in total. The normalized spacial score (nSPS) is 17.1. The molecule has 0 spiro atoms. The molecule has 3 nitrogen and oxygen atoms in total. The van der Waals surface area contributed by atoms with Crippen molar-refractivity contribution in [1.29, 1.82) is 0 Å². The van der Waals surface area contributed by atoms with Crippen LogP contribution in [0.4, 0.5) is 0 Å². The Bertz CT molecular complexity index is 203. The van der Waals surface area contributed by atoms with Crippen LogP contribution in [0, 0.1) is 0 Å². The Labute approximate surface area is 91.3 Å². The van der Waals surface area contributed by atoms with Gasteiger partial charge in [0.2, 0.25) is 0 Å². The lowest BCUT2D eigenvalue weighted by molar-refractivity contribution is 0.702. The molecule has 0 bridgehead atoms. The first-order valence-corrected chi connectivity index (χ1v) is 5.83. The molecule has 1 rings (SSSR count). The van der Waals surface area contributed by atoms with Crippen molar-refractivity contribution in [3.05, 3.63) is 0 Å². The van der Waals surface area contributed by atoms with E-state index in [1.165, 1.54) is 31.4 Å². The minimum absolute atomic E-state index is 0.629. The van der Waals surface area contributed by atoms with Gasteiger partial charge >= 0.3 is 0 Å². The van der Waals surface area contributed by atoms with Gasteiger partial charge in [-0.3, -0.25) is 5.43 Å². The molecule has 0 heterocycles. The van der Waals surface area contributed by atoms with Crippen molar-refractivity contribution < 1.29 is 0 Å². The van der Waals surface area contributed by atoms with Gasteiger partial charge in [0.25, 0.3) is 0 Å². The van der Waals surface area contributed by atoms with E-state index >= 15 is 0 Å². The predicted octanol–water partition coefficient (Wildman–Crippen LogP) is 2.18. The number of hydrogen-bond donors (Lipinski definition) is 2. The quantitative estimate of drug-likeness (QED) is 0.419. The summed E-state index contributed by atoms with van der Waals surface area (Å²) in [6.45, 7) is 2.86. The molecule has 0 unspecified atom stereocenters. The Hall–Kier alpha value is -0.640. The fourth-order valence-corrected chi connectivity index (χ4v) is 1.77. The standard InChI is InChI=1S/C10H19N3S/c1-2-11-10(14)13-12-9-7-5-3-4-6-8-9/h2-8H2,1H3,(H2,11,13,14). The first kappa shape index (κ1) is 11.4. The van der Waals surface area contributed by atoms with Gasteiger partial charge in [-0.15, -0.1) is 0 Å². The van der Waals surface area contributed by atoms with E-state index in [1.807, 2.05) is 6.92 Å². The third-order valence-electron chi connectivity index (χ3n) is 2.33. The molecule has 1 aliphatic rings. The molecule has 14 heavy (non-hydrogen) atoms. The largest absolute Gasteiger partial charge is 0.362 e. The Balaban J connectivity index is 2.30. The molecule has 0 radical (unpaired) electrons. The second-order valence-electron chi connectivity index (χ2n) is 3.56. The maximum Gasteiger partial charge on any atom is 0.186 e. The molecule has 1 fully saturated rings. The highest BCUT2D eigenvalue weighted by Gasteiger charge is 2.05. The average Bonchev–Trinajstić information content (AvgIpc) is 2.43. The molecule has 0 aromatic heterocycles. The number of rotatable bonds is 2. The first-order valence-electron chi connectivity index (χ1n) is 5.42. The smallest absolute Gasteiger partial charge is 0.186 e. The van der Waals surface area contributed by atoms with Crippen molar-refractivity contribution in [3.8, 4) is 0 Å². The van der Waals surface area contributed by atoms with Crippen LogP contribution in [0.5, 0.6) is 0 Å². The lowest BCUT2D eigenvalue weighted by Gasteiger charge is -2.06. The Morgan fingerprint density at radius 3 is 2.50 bits per heavy atom. The summed E-state index contributed by atoms with van der Waals surface area (Å²) < 4.78 is 0. The third-order valence-corrected chi connectivity index (χ3v) is 2.57. The molecule has 0 amide bonds. The molecular formula is C10H19N3S. The molecule has 0 aliphatic heterocycles. The van der Waals surface area contributed by atoms with Crippen LogP contribution < -0.4 is 10.7 Å². The van der Waals surface area contributed by atoms with Crippen LogP contribution in [0.3, 0.4) is 0 Å². The second kappa shape index (κ2) is 6.76. The van der Waals surface area contributed by atoms with Crippen LogP contribution in [-0.4, -0.2) is 17.4 Å². The van der Waals surface area contributed by atoms with Crippen LogP contribution in [0.1, 0.15) is 45.4 Å². The van der Waals surface area contributed by atoms with Gasteiger partial charge in [-0.25, -0.2) is 0 Å². The predicted molar refractivity (Wildman–Crippen MR) is 64.5 cm³/mol. The van der Waals surface area contributed by atoms with Gasteiger partial charge in [-0.1, -0.05) is 12.8 Å². The van der Waals surface area contributed by atoms with Crippen molar-refractivity contribution >= 4 is 23.0 Å². The van der Waals surface area contributed by atoms with Crippen LogP contribution in [0.2, 0.25) is 0 Å². The summed E-state index contributed by atoms with van der Waals surface area (Å²) >= 11 is 5.03. The molecule has 80 valence electrons. The molecular weight excluding hydrogens is 194 g/mol. The Morgan fingerprint density at radius 1 is 1.29 bits per heavy atom. The van der Waals surface area contributed by atoms with Gasteiger partial charge in [-0.2, -0.15) is 5.10 Å². The van der Waals surface area contributed by atoms with E-state index in [4.69, 9.17) is 12.2 Å². The summed E-state index contributed by atoms with van der Waals surface area (Å²) in [5.74, 6) is 0. The van der Waals surface area contributed by atoms with E-state index in [2.05, 4.69) is 15.8 Å². The Morgan fingerprint density at radius 2 is 1.93 bits per heavy atom. The lowest BCUT2D eigenvalue weighted by atomic mass is 10.2. The highest BCUT2D eigenvalue weighted by Crippen LogP contribution is 2.14. The van der Waals surface area contributed by atoms with Gasteiger partial charge in [0, 0.05) is 12.3 Å². The summed E-state index contributed by atoms with van der Waals surface area (Å²) in [7, 11) is 0. The summed E-state index contributed by atoms with van der Waals surface area (Å²) in [4.78, 5) is 0. The first-order chi connectivity index (χ1) is 6.83. The van der Waals surface area contributed by atoms with E-state index in [1.54, 1.807) is 0 Å². The summed E-state index contributed by atoms with van der Waals surface area (Å²) in [5.41, 5.74) is 4.16. The van der Waals surface area contributed by atoms with E-state index in [-0.39, 0.29) is 0 Å². The zero-order chi connectivity index (χ0) is 10.2. The summed E-state index contributed by atoms with van der Waals surface area (Å²) in [6, 6.07) is 0. The van der Waals surface area contributed by atoms with Gasteiger partial charge in [0.1, 0.15) is 0 Å².